The van der Waals surface area contributed by atoms with E-state index in [-0.39, 0.29) is 0 Å². The van der Waals surface area contributed by atoms with Crippen LogP contribution in [0.4, 0.5) is 0 Å². The second kappa shape index (κ2) is 12.2. The first-order chi connectivity index (χ1) is 16.9. The van der Waals surface area contributed by atoms with Crippen molar-refractivity contribution in [3.05, 3.63) is 0 Å². The minimum Gasteiger partial charge on any atom is -0.394 e. The molecule has 15 atom stereocenters. The summed E-state index contributed by atoms with van der Waals surface area (Å²) in [6.07, 6.45) is -22.1. The van der Waals surface area contributed by atoms with E-state index in [9.17, 15) is 50.8 Å². The molecule has 3 fully saturated rings. The average molecular weight is 529 g/mol. The zero-order valence-corrected chi connectivity index (χ0v) is 19.5. The van der Waals surface area contributed by atoms with Gasteiger partial charge in [0.2, 0.25) is 5.91 Å². The molecule has 3 rings (SSSR count). The summed E-state index contributed by atoms with van der Waals surface area (Å²) in [4.78, 5) is 11.7. The van der Waals surface area contributed by atoms with Gasteiger partial charge in [0.1, 0.15) is 67.1 Å². The lowest BCUT2D eigenvalue weighted by Crippen LogP contribution is -2.68. The van der Waals surface area contributed by atoms with Crippen molar-refractivity contribution in [2.45, 2.75) is 106 Å². The van der Waals surface area contributed by atoms with Crippen molar-refractivity contribution >= 4 is 5.91 Å². The van der Waals surface area contributed by atoms with Crippen LogP contribution in [0.25, 0.3) is 0 Å². The highest BCUT2D eigenvalue weighted by Crippen LogP contribution is 2.32. The number of amides is 1. The molecule has 3 heterocycles. The molecular formula is C20H35NO15. The zero-order valence-electron chi connectivity index (χ0n) is 19.5. The highest BCUT2D eigenvalue weighted by Gasteiger charge is 2.53. The van der Waals surface area contributed by atoms with E-state index >= 15 is 0 Å². The summed E-state index contributed by atoms with van der Waals surface area (Å²) < 4.78 is 27.4. The van der Waals surface area contributed by atoms with E-state index in [2.05, 4.69) is 5.32 Å². The summed E-state index contributed by atoms with van der Waals surface area (Å²) >= 11 is 0. The van der Waals surface area contributed by atoms with Crippen LogP contribution in [0.3, 0.4) is 0 Å². The van der Waals surface area contributed by atoms with E-state index in [0.717, 1.165) is 6.92 Å². The molecule has 0 bridgehead atoms. The molecule has 0 spiro atoms. The fourth-order valence-corrected chi connectivity index (χ4v) is 4.38. The van der Waals surface area contributed by atoms with Gasteiger partial charge in [-0.15, -0.1) is 0 Å². The van der Waals surface area contributed by atoms with Gasteiger partial charge in [0, 0.05) is 6.92 Å². The maximum absolute atomic E-state index is 11.7. The quantitative estimate of drug-likeness (QED) is 0.147. The molecule has 3 aliphatic heterocycles. The second-order valence-corrected chi connectivity index (χ2v) is 9.05. The van der Waals surface area contributed by atoms with Gasteiger partial charge in [0.05, 0.1) is 19.3 Å². The van der Waals surface area contributed by atoms with E-state index in [1.807, 2.05) is 0 Å². The number of rotatable bonds is 7. The Labute approximate surface area is 205 Å². The topological polar surface area (TPSA) is 257 Å². The van der Waals surface area contributed by atoms with Gasteiger partial charge in [-0.05, 0) is 6.92 Å². The number of hydrogen-bond acceptors (Lipinski definition) is 15. The molecule has 1 amide bonds. The van der Waals surface area contributed by atoms with Crippen LogP contribution in [0.5, 0.6) is 0 Å². The fourth-order valence-electron chi connectivity index (χ4n) is 4.38. The molecule has 3 aliphatic rings. The molecule has 0 aromatic heterocycles. The number of nitrogens with one attached hydrogen (secondary N) is 1. The van der Waals surface area contributed by atoms with Crippen molar-refractivity contribution in [1.82, 2.24) is 5.32 Å². The number of aliphatic hydroxyl groups is 9. The third kappa shape index (κ3) is 5.97. The van der Waals surface area contributed by atoms with Crippen LogP contribution in [0.1, 0.15) is 13.8 Å². The van der Waals surface area contributed by atoms with Crippen molar-refractivity contribution in [3.8, 4) is 0 Å². The minimum atomic E-state index is -1.83. The molecule has 36 heavy (non-hydrogen) atoms. The lowest BCUT2D eigenvalue weighted by Gasteiger charge is -2.48. The second-order valence-electron chi connectivity index (χ2n) is 9.05. The third-order valence-electron chi connectivity index (χ3n) is 6.46. The monoisotopic (exact) mass is 529 g/mol. The smallest absolute Gasteiger partial charge is 0.217 e. The summed E-state index contributed by atoms with van der Waals surface area (Å²) in [5.41, 5.74) is 0. The summed E-state index contributed by atoms with van der Waals surface area (Å²) in [6.45, 7) is 1.05. The molecule has 0 aliphatic carbocycles. The van der Waals surface area contributed by atoms with E-state index in [0.29, 0.717) is 0 Å². The first kappa shape index (κ1) is 29.5. The largest absolute Gasteiger partial charge is 0.394 e. The van der Waals surface area contributed by atoms with Gasteiger partial charge in [0.15, 0.2) is 18.9 Å². The summed E-state index contributed by atoms with van der Waals surface area (Å²) in [6, 6.07) is -1.39. The Kier molecular flexibility index (Phi) is 9.97. The summed E-state index contributed by atoms with van der Waals surface area (Å²) in [5, 5.41) is 93.6. The first-order valence-electron chi connectivity index (χ1n) is 11.4. The molecule has 0 aromatic rings. The number of carbonyl (C=O) groups is 1. The van der Waals surface area contributed by atoms with Gasteiger partial charge >= 0.3 is 0 Å². The van der Waals surface area contributed by atoms with Crippen LogP contribution < -0.4 is 5.32 Å². The van der Waals surface area contributed by atoms with Crippen molar-refractivity contribution in [2.24, 2.45) is 0 Å². The Morgan fingerprint density at radius 1 is 0.722 bits per heavy atom. The fraction of sp³-hybridized carbons (Fsp3) is 0.950. The number of aliphatic hydroxyl groups excluding tert-OH is 9. The van der Waals surface area contributed by atoms with Crippen LogP contribution in [-0.4, -0.2) is 157 Å². The third-order valence-corrected chi connectivity index (χ3v) is 6.46. The number of ether oxygens (including phenoxy) is 5. The van der Waals surface area contributed by atoms with Crippen LogP contribution in [0.2, 0.25) is 0 Å². The van der Waals surface area contributed by atoms with Gasteiger partial charge in [-0.1, -0.05) is 0 Å². The van der Waals surface area contributed by atoms with E-state index in [4.69, 9.17) is 23.7 Å². The van der Waals surface area contributed by atoms with Crippen LogP contribution in [-0.2, 0) is 28.5 Å². The SMILES string of the molecule is CC(=O)NC1[C@H](O[C@H]2C(O[C@H]3OC(CO)[C@@H](O)C(O)C3O)[C@@H](O)C(C)O[C@H]2O)OC(CO)[C@H](O)[C@@H]1O. The van der Waals surface area contributed by atoms with Gasteiger partial charge in [0.25, 0.3) is 0 Å². The molecule has 7 unspecified atom stereocenters. The molecule has 0 aromatic carbocycles. The van der Waals surface area contributed by atoms with E-state index in [1.54, 1.807) is 0 Å². The average Bonchev–Trinajstić information content (AvgIpc) is 2.83. The molecule has 210 valence electrons. The van der Waals surface area contributed by atoms with Crippen molar-refractivity contribution in [2.75, 3.05) is 13.2 Å². The normalized spacial score (nSPS) is 50.0. The van der Waals surface area contributed by atoms with Crippen molar-refractivity contribution < 1.29 is 74.4 Å². The van der Waals surface area contributed by atoms with E-state index < -0.39 is 111 Å². The Morgan fingerprint density at radius 2 is 1.25 bits per heavy atom. The summed E-state index contributed by atoms with van der Waals surface area (Å²) in [7, 11) is 0. The zero-order chi connectivity index (χ0) is 26.9. The van der Waals surface area contributed by atoms with Crippen LogP contribution in [0, 0.1) is 0 Å². The van der Waals surface area contributed by atoms with E-state index in [1.165, 1.54) is 6.92 Å². The highest BCUT2D eigenvalue weighted by atomic mass is 16.8. The van der Waals surface area contributed by atoms with Gasteiger partial charge in [-0.3, -0.25) is 4.79 Å². The maximum atomic E-state index is 11.7. The lowest BCUT2D eigenvalue weighted by molar-refractivity contribution is -0.378. The Hall–Kier alpha value is -1.09. The Balaban J connectivity index is 1.86. The molecule has 3 saturated heterocycles. The van der Waals surface area contributed by atoms with Gasteiger partial charge < -0.3 is 75.0 Å². The molecule has 16 heteroatoms. The molecular weight excluding hydrogens is 494 g/mol. The van der Waals surface area contributed by atoms with Crippen LogP contribution in [0.15, 0.2) is 0 Å². The standard InChI is InChI=1S/C20H35NO15/c1-5-10(25)16(35-20-15(30)14(29)12(27)8(4-23)34-20)17(18(31)32-5)36-19-9(21-6(2)24)13(28)11(26)7(3-22)33-19/h5,7-20,22-23,25-31H,3-4H2,1-2H3,(H,21,24)/t5?,7?,8?,9?,10-,11-,12+,13+,14?,15?,16?,17-,18+,19-,20+/m0/s1. The van der Waals surface area contributed by atoms with Crippen LogP contribution >= 0.6 is 0 Å². The summed E-state index contributed by atoms with van der Waals surface area (Å²) in [5.74, 6) is -0.630. The molecule has 10 N–H and O–H groups in total. The predicted molar refractivity (Wildman–Crippen MR) is 111 cm³/mol. The first-order valence-corrected chi connectivity index (χ1v) is 11.4. The van der Waals surface area contributed by atoms with Crippen molar-refractivity contribution in [1.29, 1.82) is 0 Å². The lowest BCUT2D eigenvalue weighted by atomic mass is 9.95. The maximum Gasteiger partial charge on any atom is 0.217 e. The van der Waals surface area contributed by atoms with Gasteiger partial charge in [-0.25, -0.2) is 0 Å². The predicted octanol–water partition coefficient (Wildman–Crippen LogP) is -6.40. The number of carbonyl (C=O) groups excluding carboxylic acids is 1. The Bertz CT molecular complexity index is 729. The van der Waals surface area contributed by atoms with Gasteiger partial charge in [-0.2, -0.15) is 0 Å². The number of hydrogen-bond donors (Lipinski definition) is 10. The molecule has 0 saturated carbocycles. The minimum absolute atomic E-state index is 0.630. The Morgan fingerprint density at radius 3 is 1.81 bits per heavy atom. The highest BCUT2D eigenvalue weighted by molar-refractivity contribution is 5.73. The molecule has 0 radical (unpaired) electrons. The van der Waals surface area contributed by atoms with Crippen molar-refractivity contribution in [3.63, 3.8) is 0 Å². The molecule has 16 nitrogen and oxygen atoms in total.